The summed E-state index contributed by atoms with van der Waals surface area (Å²) in [5, 5.41) is 2.87. The maximum atomic E-state index is 13.5. The number of nitrogens with zero attached hydrogens (tertiary/aromatic N) is 1. The van der Waals surface area contributed by atoms with Crippen molar-refractivity contribution >= 4 is 17.7 Å². The zero-order valence-corrected chi connectivity index (χ0v) is 17.3. The number of hydrogen-bond donors (Lipinski definition) is 1. The smallest absolute Gasteiger partial charge is 0.307 e. The number of ether oxygens (including phenoxy) is 1. The Hall–Kier alpha value is -2.21. The van der Waals surface area contributed by atoms with Gasteiger partial charge >= 0.3 is 5.97 Å². The van der Waals surface area contributed by atoms with E-state index in [4.69, 9.17) is 4.74 Å². The first-order valence-corrected chi connectivity index (χ1v) is 11.3. The molecule has 4 aliphatic carbocycles. The minimum absolute atomic E-state index is 0.0268. The number of carbonyl (C=O) groups excluding carboxylic acids is 3. The van der Waals surface area contributed by atoms with Gasteiger partial charge in [0, 0.05) is 30.5 Å². The van der Waals surface area contributed by atoms with Gasteiger partial charge in [-0.3, -0.25) is 19.3 Å². The summed E-state index contributed by atoms with van der Waals surface area (Å²) in [6.45, 7) is 1.74. The molecule has 4 saturated carbocycles. The number of amides is 1. The Morgan fingerprint density at radius 1 is 1.13 bits per heavy atom. The van der Waals surface area contributed by atoms with Gasteiger partial charge in [0.25, 0.3) is 0 Å². The number of Topliss-reactive ketones (excluding diaryl/α,β-unsaturated/α-hetero) is 1. The van der Waals surface area contributed by atoms with Crippen molar-refractivity contribution in [2.24, 2.45) is 23.2 Å². The van der Waals surface area contributed by atoms with Crippen LogP contribution in [0.5, 0.6) is 0 Å². The molecule has 1 aromatic rings. The highest BCUT2D eigenvalue weighted by atomic mass is 16.5. The topological polar surface area (TPSA) is 75.7 Å². The van der Waals surface area contributed by atoms with E-state index < -0.39 is 5.41 Å². The van der Waals surface area contributed by atoms with E-state index in [0.29, 0.717) is 30.7 Å². The molecular weight excluding hydrogens is 380 g/mol. The van der Waals surface area contributed by atoms with Crippen molar-refractivity contribution < 1.29 is 19.1 Å². The van der Waals surface area contributed by atoms with Gasteiger partial charge in [-0.25, -0.2) is 0 Å². The molecule has 6 heteroatoms. The second-order valence-electron chi connectivity index (χ2n) is 9.75. The number of benzene rings is 1. The first-order valence-electron chi connectivity index (χ1n) is 11.3. The van der Waals surface area contributed by atoms with Crippen molar-refractivity contribution in [1.29, 1.82) is 0 Å². The summed E-state index contributed by atoms with van der Waals surface area (Å²) >= 11 is 0. The number of ketones is 1. The number of hydrogen-bond acceptors (Lipinski definition) is 5. The molecule has 1 aromatic carbocycles. The Morgan fingerprint density at radius 2 is 1.87 bits per heavy atom. The fraction of sp³-hybridized carbons (Fsp3) is 0.625. The number of rotatable bonds is 6. The fourth-order valence-electron chi connectivity index (χ4n) is 6.82. The van der Waals surface area contributed by atoms with Gasteiger partial charge in [0.2, 0.25) is 5.91 Å². The summed E-state index contributed by atoms with van der Waals surface area (Å²) in [6.07, 6.45) is 5.17. The summed E-state index contributed by atoms with van der Waals surface area (Å²) in [5.41, 5.74) is 0.462. The Bertz CT molecular complexity index is 825. The van der Waals surface area contributed by atoms with Gasteiger partial charge in [0.15, 0.2) is 0 Å². The second-order valence-corrected chi connectivity index (χ2v) is 9.75. The van der Waals surface area contributed by atoms with Gasteiger partial charge in [-0.1, -0.05) is 30.3 Å². The SMILES string of the molecule is O=C1CN(C(CC(=O)OCc2ccccc2)C23CC4CC(CC(C4)C2=O)C3)CCN1. The number of piperazine rings is 1. The van der Waals surface area contributed by atoms with Crippen LogP contribution in [-0.4, -0.2) is 48.2 Å². The molecular formula is C24H30N2O4. The van der Waals surface area contributed by atoms with Crippen molar-refractivity contribution in [1.82, 2.24) is 10.2 Å². The third-order valence-electron chi connectivity index (χ3n) is 7.82. The van der Waals surface area contributed by atoms with Crippen LogP contribution < -0.4 is 5.32 Å². The highest BCUT2D eigenvalue weighted by molar-refractivity contribution is 5.91. The average Bonchev–Trinajstić information content (AvgIpc) is 2.74. The molecule has 1 N–H and O–H groups in total. The second kappa shape index (κ2) is 7.80. The molecule has 30 heavy (non-hydrogen) atoms. The molecule has 5 aliphatic rings. The van der Waals surface area contributed by atoms with Crippen LogP contribution in [0.2, 0.25) is 0 Å². The van der Waals surface area contributed by atoms with Crippen LogP contribution >= 0.6 is 0 Å². The van der Waals surface area contributed by atoms with E-state index >= 15 is 0 Å². The molecule has 0 aromatic heterocycles. The summed E-state index contributed by atoms with van der Waals surface area (Å²) in [5.74, 6) is 1.36. The molecule has 1 saturated heterocycles. The molecule has 1 heterocycles. The zero-order chi connectivity index (χ0) is 20.7. The largest absolute Gasteiger partial charge is 0.461 e. The molecule has 6 rings (SSSR count). The molecule has 0 spiro atoms. The molecule has 0 radical (unpaired) electrons. The molecule has 6 nitrogen and oxygen atoms in total. The van der Waals surface area contributed by atoms with Crippen molar-refractivity contribution in [2.75, 3.05) is 19.6 Å². The lowest BCUT2D eigenvalue weighted by Gasteiger charge is -2.59. The van der Waals surface area contributed by atoms with E-state index in [1.807, 2.05) is 30.3 Å². The summed E-state index contributed by atoms with van der Waals surface area (Å²) in [6, 6.07) is 9.40. The van der Waals surface area contributed by atoms with Crippen LogP contribution in [0.4, 0.5) is 0 Å². The van der Waals surface area contributed by atoms with E-state index in [9.17, 15) is 14.4 Å². The van der Waals surface area contributed by atoms with Crippen molar-refractivity contribution in [3.8, 4) is 0 Å². The number of carbonyl (C=O) groups is 3. The van der Waals surface area contributed by atoms with Gasteiger partial charge in [-0.05, 0) is 49.5 Å². The van der Waals surface area contributed by atoms with Gasteiger partial charge in [-0.2, -0.15) is 0 Å². The highest BCUT2D eigenvalue weighted by Gasteiger charge is 2.61. The van der Waals surface area contributed by atoms with Crippen LogP contribution in [0.25, 0.3) is 0 Å². The monoisotopic (exact) mass is 410 g/mol. The Labute approximate surface area is 177 Å². The van der Waals surface area contributed by atoms with Gasteiger partial charge in [0.05, 0.1) is 13.0 Å². The third kappa shape index (κ3) is 3.55. The molecule has 5 fully saturated rings. The lowest BCUT2D eigenvalue weighted by Crippen LogP contribution is -2.65. The van der Waals surface area contributed by atoms with E-state index in [0.717, 1.165) is 31.2 Å². The Morgan fingerprint density at radius 3 is 2.57 bits per heavy atom. The van der Waals surface area contributed by atoms with Crippen LogP contribution in [-0.2, 0) is 25.7 Å². The molecule has 3 atom stereocenters. The molecule has 1 amide bonds. The number of nitrogens with one attached hydrogen (secondary N) is 1. The lowest BCUT2D eigenvalue weighted by molar-refractivity contribution is -0.167. The van der Waals surface area contributed by atoms with Crippen LogP contribution in [0.15, 0.2) is 30.3 Å². The van der Waals surface area contributed by atoms with Gasteiger partial charge in [0.1, 0.15) is 12.4 Å². The van der Waals surface area contributed by atoms with E-state index in [1.165, 1.54) is 6.42 Å². The fourth-order valence-corrected chi connectivity index (χ4v) is 6.82. The maximum Gasteiger partial charge on any atom is 0.307 e. The van der Waals surface area contributed by atoms with Crippen molar-refractivity contribution in [2.45, 2.75) is 51.2 Å². The average molecular weight is 411 g/mol. The Kier molecular flexibility index (Phi) is 5.13. The van der Waals surface area contributed by atoms with Crippen LogP contribution in [0.1, 0.15) is 44.1 Å². The highest BCUT2D eigenvalue weighted by Crippen LogP contribution is 2.60. The lowest BCUT2D eigenvalue weighted by atomic mass is 9.46. The third-order valence-corrected chi connectivity index (χ3v) is 7.82. The van der Waals surface area contributed by atoms with Crippen molar-refractivity contribution in [3.63, 3.8) is 0 Å². The molecule has 160 valence electrons. The number of esters is 1. The summed E-state index contributed by atoms with van der Waals surface area (Å²) in [4.78, 5) is 40.7. The predicted molar refractivity (Wildman–Crippen MR) is 110 cm³/mol. The van der Waals surface area contributed by atoms with Crippen molar-refractivity contribution in [3.05, 3.63) is 35.9 Å². The van der Waals surface area contributed by atoms with Gasteiger partial charge < -0.3 is 10.1 Å². The Balaban J connectivity index is 1.37. The van der Waals surface area contributed by atoms with E-state index in [2.05, 4.69) is 10.2 Å². The van der Waals surface area contributed by atoms with E-state index in [1.54, 1.807) is 0 Å². The minimum Gasteiger partial charge on any atom is -0.461 e. The first kappa shape index (κ1) is 19.7. The summed E-state index contributed by atoms with van der Waals surface area (Å²) in [7, 11) is 0. The first-order chi connectivity index (χ1) is 14.5. The van der Waals surface area contributed by atoms with Gasteiger partial charge in [-0.15, -0.1) is 0 Å². The zero-order valence-electron chi connectivity index (χ0n) is 17.3. The summed E-state index contributed by atoms with van der Waals surface area (Å²) < 4.78 is 5.60. The van der Waals surface area contributed by atoms with E-state index in [-0.39, 0.29) is 43.4 Å². The normalized spacial score (nSPS) is 33.9. The molecule has 1 aliphatic heterocycles. The van der Waals surface area contributed by atoms with Crippen LogP contribution in [0, 0.1) is 23.2 Å². The molecule has 4 bridgehead atoms. The quantitative estimate of drug-likeness (QED) is 0.729. The standard InChI is InChI=1S/C24H30N2O4/c27-21-14-26(7-6-25-21)20(11-22(28)30-15-16-4-2-1-3-5-16)24-12-17-8-18(13-24)10-19(9-17)23(24)29/h1-5,17-20H,6-15H2,(H,25,27). The molecule has 3 unspecified atom stereocenters. The van der Waals surface area contributed by atoms with Crippen LogP contribution in [0.3, 0.4) is 0 Å². The predicted octanol–water partition coefficient (Wildman–Crippen LogP) is 2.32. The maximum absolute atomic E-state index is 13.5. The minimum atomic E-state index is -0.488.